The molecule has 0 aliphatic heterocycles. The van der Waals surface area contributed by atoms with Crippen molar-refractivity contribution in [1.82, 2.24) is 0 Å². The van der Waals surface area contributed by atoms with Gasteiger partial charge in [0.1, 0.15) is 0 Å². The Bertz CT molecular complexity index is 299. The standard InChI is InChI=1S/C10H18N2O4/c1-6(8(13)14)5-11-12-7(2)10(3,4)9(15)16/h6-7H,5H2,1-4H3,(H,13,14)(H,15,16). The Balaban J connectivity index is 4.35. The van der Waals surface area contributed by atoms with Crippen LogP contribution in [0.25, 0.3) is 0 Å². The molecule has 16 heavy (non-hydrogen) atoms. The Morgan fingerprint density at radius 2 is 1.75 bits per heavy atom. The summed E-state index contributed by atoms with van der Waals surface area (Å²) in [5, 5.41) is 25.1. The van der Waals surface area contributed by atoms with Crippen molar-refractivity contribution in [3.63, 3.8) is 0 Å². The number of carboxylic acids is 2. The lowest BCUT2D eigenvalue weighted by Crippen LogP contribution is -2.33. The highest BCUT2D eigenvalue weighted by molar-refractivity contribution is 5.74. The van der Waals surface area contributed by atoms with Crippen LogP contribution in [0.5, 0.6) is 0 Å². The molecule has 0 spiro atoms. The van der Waals surface area contributed by atoms with Crippen LogP contribution in [-0.2, 0) is 9.59 Å². The number of carboxylic acid groups (broad SMARTS) is 2. The van der Waals surface area contributed by atoms with Crippen molar-refractivity contribution in [2.75, 3.05) is 6.54 Å². The van der Waals surface area contributed by atoms with Crippen LogP contribution in [0.3, 0.4) is 0 Å². The number of hydrogen-bond donors (Lipinski definition) is 2. The molecule has 0 amide bonds. The average molecular weight is 230 g/mol. The minimum absolute atomic E-state index is 0.0649. The van der Waals surface area contributed by atoms with Crippen LogP contribution < -0.4 is 0 Å². The third-order valence-electron chi connectivity index (χ3n) is 2.63. The normalized spacial score (nSPS) is 16.0. The van der Waals surface area contributed by atoms with Crippen molar-refractivity contribution in [2.45, 2.75) is 33.7 Å². The summed E-state index contributed by atoms with van der Waals surface area (Å²) in [5.74, 6) is -2.50. The first-order valence-corrected chi connectivity index (χ1v) is 5.02. The zero-order valence-electron chi connectivity index (χ0n) is 9.97. The molecule has 92 valence electrons. The molecule has 0 heterocycles. The summed E-state index contributed by atoms with van der Waals surface area (Å²) in [7, 11) is 0. The molecular weight excluding hydrogens is 212 g/mol. The Hall–Kier alpha value is -1.46. The van der Waals surface area contributed by atoms with E-state index in [1.165, 1.54) is 6.92 Å². The second-order valence-electron chi connectivity index (χ2n) is 4.38. The molecule has 0 radical (unpaired) electrons. The van der Waals surface area contributed by atoms with Gasteiger partial charge in [-0.2, -0.15) is 10.2 Å². The summed E-state index contributed by atoms with van der Waals surface area (Å²) in [5.41, 5.74) is -1.00. The van der Waals surface area contributed by atoms with Gasteiger partial charge in [-0.25, -0.2) is 0 Å². The molecule has 6 heteroatoms. The summed E-state index contributed by atoms with van der Waals surface area (Å²) in [6, 6.07) is -0.494. The van der Waals surface area contributed by atoms with Gasteiger partial charge in [-0.05, 0) is 20.8 Å². The highest BCUT2D eigenvalue weighted by Gasteiger charge is 2.34. The molecule has 0 aromatic heterocycles. The first-order chi connectivity index (χ1) is 7.19. The number of hydrogen-bond acceptors (Lipinski definition) is 4. The molecule has 0 rings (SSSR count). The lowest BCUT2D eigenvalue weighted by molar-refractivity contribution is -0.148. The molecule has 0 bridgehead atoms. The molecule has 0 saturated carbocycles. The maximum atomic E-state index is 10.9. The third-order valence-corrected chi connectivity index (χ3v) is 2.63. The highest BCUT2D eigenvalue weighted by Crippen LogP contribution is 2.23. The number of azo groups is 1. The molecule has 0 aliphatic rings. The zero-order chi connectivity index (χ0) is 12.9. The second kappa shape index (κ2) is 5.58. The van der Waals surface area contributed by atoms with E-state index >= 15 is 0 Å². The minimum atomic E-state index is -1.00. The fourth-order valence-corrected chi connectivity index (χ4v) is 0.693. The van der Waals surface area contributed by atoms with E-state index in [1.54, 1.807) is 20.8 Å². The highest BCUT2D eigenvalue weighted by atomic mass is 16.4. The summed E-state index contributed by atoms with van der Waals surface area (Å²) >= 11 is 0. The topological polar surface area (TPSA) is 99.3 Å². The number of rotatable bonds is 6. The van der Waals surface area contributed by atoms with Crippen LogP contribution in [-0.4, -0.2) is 34.7 Å². The molecule has 0 fully saturated rings. The molecule has 2 unspecified atom stereocenters. The van der Waals surface area contributed by atoms with E-state index in [2.05, 4.69) is 10.2 Å². The van der Waals surface area contributed by atoms with Gasteiger partial charge in [0.05, 0.1) is 23.9 Å². The van der Waals surface area contributed by atoms with Crippen LogP contribution in [0.4, 0.5) is 0 Å². The minimum Gasteiger partial charge on any atom is -0.481 e. The van der Waals surface area contributed by atoms with Gasteiger partial charge in [0, 0.05) is 0 Å². The van der Waals surface area contributed by atoms with Crippen LogP contribution in [0, 0.1) is 11.3 Å². The molecule has 0 aromatic carbocycles. The SMILES string of the molecule is CC(CN=NC(C)C(C)(C)C(=O)O)C(=O)O. The Morgan fingerprint density at radius 1 is 1.25 bits per heavy atom. The van der Waals surface area contributed by atoms with Crippen molar-refractivity contribution < 1.29 is 19.8 Å². The molecule has 2 N–H and O–H groups in total. The van der Waals surface area contributed by atoms with E-state index in [0.717, 1.165) is 0 Å². The molecule has 6 nitrogen and oxygen atoms in total. The van der Waals surface area contributed by atoms with Gasteiger partial charge in [-0.3, -0.25) is 9.59 Å². The number of carbonyl (C=O) groups is 2. The van der Waals surface area contributed by atoms with Crippen molar-refractivity contribution in [3.05, 3.63) is 0 Å². The maximum absolute atomic E-state index is 10.9. The fraction of sp³-hybridized carbons (Fsp3) is 0.800. The van der Waals surface area contributed by atoms with Crippen LogP contribution in [0.15, 0.2) is 10.2 Å². The number of nitrogens with zero attached hydrogens (tertiary/aromatic N) is 2. The first-order valence-electron chi connectivity index (χ1n) is 5.02. The van der Waals surface area contributed by atoms with Crippen molar-refractivity contribution in [2.24, 2.45) is 21.6 Å². The predicted molar refractivity (Wildman–Crippen MR) is 57.4 cm³/mol. The molecule has 2 atom stereocenters. The fourth-order valence-electron chi connectivity index (χ4n) is 0.693. The molecule has 0 aliphatic carbocycles. The van der Waals surface area contributed by atoms with Crippen LogP contribution in [0.1, 0.15) is 27.7 Å². The van der Waals surface area contributed by atoms with Gasteiger partial charge in [0.15, 0.2) is 0 Å². The second-order valence-corrected chi connectivity index (χ2v) is 4.38. The van der Waals surface area contributed by atoms with Crippen LogP contribution in [0.2, 0.25) is 0 Å². The van der Waals surface area contributed by atoms with E-state index in [1.807, 2.05) is 0 Å². The Kier molecular flexibility index (Phi) is 5.07. The van der Waals surface area contributed by atoms with Crippen LogP contribution >= 0.6 is 0 Å². The first kappa shape index (κ1) is 14.5. The van der Waals surface area contributed by atoms with Gasteiger partial charge in [-0.1, -0.05) is 6.92 Å². The van der Waals surface area contributed by atoms with Gasteiger partial charge in [0.25, 0.3) is 0 Å². The quantitative estimate of drug-likeness (QED) is 0.677. The predicted octanol–water partition coefficient (Wildman–Crippen LogP) is 1.66. The molecular formula is C10H18N2O4. The third kappa shape index (κ3) is 3.96. The summed E-state index contributed by atoms with van der Waals surface area (Å²) < 4.78 is 0. The Labute approximate surface area is 94.4 Å². The average Bonchev–Trinajstić information content (AvgIpc) is 2.16. The van der Waals surface area contributed by atoms with Gasteiger partial charge in [-0.15, -0.1) is 0 Å². The van der Waals surface area contributed by atoms with Crippen molar-refractivity contribution in [1.29, 1.82) is 0 Å². The van der Waals surface area contributed by atoms with Gasteiger partial charge in [0.2, 0.25) is 0 Å². The number of aliphatic carboxylic acids is 2. The van der Waals surface area contributed by atoms with E-state index in [-0.39, 0.29) is 6.54 Å². The van der Waals surface area contributed by atoms with Gasteiger partial charge >= 0.3 is 11.9 Å². The maximum Gasteiger partial charge on any atom is 0.311 e. The molecule has 0 aromatic rings. The summed E-state index contributed by atoms with van der Waals surface area (Å²) in [6.07, 6.45) is 0. The van der Waals surface area contributed by atoms with E-state index < -0.39 is 29.3 Å². The smallest absolute Gasteiger partial charge is 0.311 e. The lowest BCUT2D eigenvalue weighted by Gasteiger charge is -2.22. The van der Waals surface area contributed by atoms with E-state index in [4.69, 9.17) is 10.2 Å². The van der Waals surface area contributed by atoms with E-state index in [9.17, 15) is 9.59 Å². The monoisotopic (exact) mass is 230 g/mol. The lowest BCUT2D eigenvalue weighted by atomic mass is 9.86. The molecule has 0 saturated heterocycles. The van der Waals surface area contributed by atoms with Crippen molar-refractivity contribution >= 4 is 11.9 Å². The van der Waals surface area contributed by atoms with Gasteiger partial charge < -0.3 is 10.2 Å². The largest absolute Gasteiger partial charge is 0.481 e. The summed E-state index contributed by atoms with van der Waals surface area (Å²) in [4.78, 5) is 21.4. The zero-order valence-corrected chi connectivity index (χ0v) is 9.97. The van der Waals surface area contributed by atoms with E-state index in [0.29, 0.717) is 0 Å². The van der Waals surface area contributed by atoms with Crippen molar-refractivity contribution in [3.8, 4) is 0 Å². The summed E-state index contributed by atoms with van der Waals surface area (Å²) in [6.45, 7) is 6.34. The Morgan fingerprint density at radius 3 is 2.12 bits per heavy atom.